The fourth-order valence-corrected chi connectivity index (χ4v) is 2.49. The van der Waals surface area contributed by atoms with Gasteiger partial charge in [0.15, 0.2) is 0 Å². The molecule has 0 N–H and O–H groups in total. The van der Waals surface area contributed by atoms with Crippen LogP contribution in [0.25, 0.3) is 0 Å². The smallest absolute Gasteiger partial charge is 0.338 e. The second kappa shape index (κ2) is 5.15. The number of carbonyl (C=O) groups is 1. The molecule has 2 rings (SSSR count). The van der Waals surface area contributed by atoms with Crippen LogP contribution in [-0.2, 0) is 11.2 Å². The molecule has 2 aromatic rings. The normalized spacial score (nSPS) is 10.2. The van der Waals surface area contributed by atoms with E-state index in [1.54, 1.807) is 11.3 Å². The average molecular weight is 246 g/mol. The highest BCUT2D eigenvalue weighted by Gasteiger charge is 2.08. The van der Waals surface area contributed by atoms with E-state index in [1.807, 2.05) is 11.4 Å². The molecule has 0 bridgehead atoms. The molecule has 0 fully saturated rings. The summed E-state index contributed by atoms with van der Waals surface area (Å²) in [7, 11) is 1.40. The van der Waals surface area contributed by atoms with Gasteiger partial charge in [0, 0.05) is 16.7 Å². The van der Waals surface area contributed by atoms with E-state index in [0.717, 1.165) is 6.42 Å². The lowest BCUT2D eigenvalue weighted by Crippen LogP contribution is -1.98. The van der Waals surface area contributed by atoms with E-state index in [9.17, 15) is 4.79 Å². The molecule has 2 nitrogen and oxygen atoms in total. The fourth-order valence-electron chi connectivity index (χ4n) is 1.61. The van der Waals surface area contributed by atoms with Crippen molar-refractivity contribution in [2.75, 3.05) is 7.11 Å². The third-order valence-electron chi connectivity index (χ3n) is 2.57. The highest BCUT2D eigenvalue weighted by molar-refractivity contribution is 7.10. The molecule has 3 heteroatoms. The van der Waals surface area contributed by atoms with Gasteiger partial charge in [0.05, 0.1) is 12.7 Å². The van der Waals surface area contributed by atoms with E-state index in [1.165, 1.54) is 23.1 Å². The molecule has 0 amide bonds. The summed E-state index contributed by atoms with van der Waals surface area (Å²) in [6.45, 7) is 2.07. The van der Waals surface area contributed by atoms with Gasteiger partial charge in [-0.3, -0.25) is 0 Å². The number of carbonyl (C=O) groups excluding carboxylic acids is 1. The molecule has 88 valence electrons. The van der Waals surface area contributed by atoms with Gasteiger partial charge in [0.1, 0.15) is 0 Å². The van der Waals surface area contributed by atoms with Gasteiger partial charge in [-0.1, -0.05) is 29.8 Å². The van der Waals surface area contributed by atoms with Crippen LogP contribution in [0.1, 0.15) is 26.4 Å². The maximum absolute atomic E-state index is 11.3. The van der Waals surface area contributed by atoms with Crippen molar-refractivity contribution >= 4 is 17.3 Å². The predicted octanol–water partition coefficient (Wildman–Crippen LogP) is 3.43. The molecule has 17 heavy (non-hydrogen) atoms. The summed E-state index contributed by atoms with van der Waals surface area (Å²) >= 11 is 1.59. The number of methoxy groups -OCH3 is 1. The molecule has 0 atom stereocenters. The fraction of sp³-hybridized carbons (Fsp3) is 0.214. The van der Waals surface area contributed by atoms with Crippen molar-refractivity contribution in [2.24, 2.45) is 0 Å². The Labute approximate surface area is 105 Å². The van der Waals surface area contributed by atoms with Crippen LogP contribution in [0.15, 0.2) is 35.7 Å². The van der Waals surface area contributed by atoms with E-state index >= 15 is 0 Å². The maximum atomic E-state index is 11.3. The third kappa shape index (κ3) is 2.94. The van der Waals surface area contributed by atoms with E-state index < -0.39 is 0 Å². The summed E-state index contributed by atoms with van der Waals surface area (Å²) in [6, 6.07) is 10.3. The van der Waals surface area contributed by atoms with Gasteiger partial charge in [-0.05, 0) is 18.6 Å². The van der Waals surface area contributed by atoms with Crippen LogP contribution in [-0.4, -0.2) is 13.1 Å². The Morgan fingerprint density at radius 2 is 2.00 bits per heavy atom. The van der Waals surface area contributed by atoms with E-state index in [0.29, 0.717) is 5.56 Å². The van der Waals surface area contributed by atoms with Crippen molar-refractivity contribution in [3.63, 3.8) is 0 Å². The Kier molecular flexibility index (Phi) is 3.59. The van der Waals surface area contributed by atoms with Gasteiger partial charge < -0.3 is 4.74 Å². The molecule has 1 aromatic carbocycles. The predicted molar refractivity (Wildman–Crippen MR) is 69.6 cm³/mol. The van der Waals surface area contributed by atoms with Crippen LogP contribution in [0.5, 0.6) is 0 Å². The lowest BCUT2D eigenvalue weighted by molar-refractivity contribution is 0.0601. The standard InChI is InChI=1S/C14H14O2S/c1-10-3-5-11(6-4-10)7-13-8-12(9-17-13)14(15)16-2/h3-6,8-9H,7H2,1-2H3. The van der Waals surface area contributed by atoms with Crippen molar-refractivity contribution in [1.29, 1.82) is 0 Å². The van der Waals surface area contributed by atoms with Gasteiger partial charge in [-0.15, -0.1) is 11.3 Å². The van der Waals surface area contributed by atoms with Crippen LogP contribution in [0.2, 0.25) is 0 Å². The van der Waals surface area contributed by atoms with Crippen molar-refractivity contribution in [3.8, 4) is 0 Å². The second-order valence-electron chi connectivity index (χ2n) is 3.96. The highest BCUT2D eigenvalue weighted by Crippen LogP contribution is 2.19. The number of thiophene rings is 1. The summed E-state index contributed by atoms with van der Waals surface area (Å²) in [6.07, 6.45) is 0.863. The molecule has 0 unspecified atom stereocenters. The minimum absolute atomic E-state index is 0.267. The average Bonchev–Trinajstić information content (AvgIpc) is 2.80. The zero-order valence-corrected chi connectivity index (χ0v) is 10.7. The lowest BCUT2D eigenvalue weighted by atomic mass is 10.1. The van der Waals surface area contributed by atoms with Crippen molar-refractivity contribution in [1.82, 2.24) is 0 Å². The van der Waals surface area contributed by atoms with Gasteiger partial charge in [0.2, 0.25) is 0 Å². The van der Waals surface area contributed by atoms with Crippen molar-refractivity contribution in [3.05, 3.63) is 57.3 Å². The molecule has 0 aliphatic rings. The quantitative estimate of drug-likeness (QED) is 0.775. The monoisotopic (exact) mass is 246 g/mol. The number of aryl methyl sites for hydroxylation is 1. The second-order valence-corrected chi connectivity index (χ2v) is 4.95. The zero-order valence-electron chi connectivity index (χ0n) is 9.90. The Morgan fingerprint density at radius 1 is 1.29 bits per heavy atom. The van der Waals surface area contributed by atoms with E-state index in [2.05, 4.69) is 35.9 Å². The number of rotatable bonds is 3. The SMILES string of the molecule is COC(=O)c1csc(Cc2ccc(C)cc2)c1. The molecular formula is C14H14O2S. The first-order valence-electron chi connectivity index (χ1n) is 5.40. The van der Waals surface area contributed by atoms with Crippen LogP contribution >= 0.6 is 11.3 Å². The lowest BCUT2D eigenvalue weighted by Gasteiger charge is -1.99. The first-order valence-corrected chi connectivity index (χ1v) is 6.28. The van der Waals surface area contributed by atoms with Crippen LogP contribution in [0, 0.1) is 6.92 Å². The summed E-state index contributed by atoms with van der Waals surface area (Å²) in [5, 5.41) is 1.84. The van der Waals surface area contributed by atoms with Crippen LogP contribution < -0.4 is 0 Å². The van der Waals surface area contributed by atoms with Crippen molar-refractivity contribution in [2.45, 2.75) is 13.3 Å². The Balaban J connectivity index is 2.11. The van der Waals surface area contributed by atoms with Gasteiger partial charge >= 0.3 is 5.97 Å². The highest BCUT2D eigenvalue weighted by atomic mass is 32.1. The first kappa shape index (κ1) is 11.9. The third-order valence-corrected chi connectivity index (χ3v) is 3.51. The molecular weight excluding hydrogens is 232 g/mol. The summed E-state index contributed by atoms with van der Waals surface area (Å²) < 4.78 is 4.68. The van der Waals surface area contributed by atoms with Gasteiger partial charge in [0.25, 0.3) is 0 Å². The Morgan fingerprint density at radius 3 is 2.65 bits per heavy atom. The Hall–Kier alpha value is -1.61. The van der Waals surface area contributed by atoms with Gasteiger partial charge in [-0.25, -0.2) is 4.79 Å². The number of hydrogen-bond donors (Lipinski definition) is 0. The molecule has 1 heterocycles. The van der Waals surface area contributed by atoms with Gasteiger partial charge in [-0.2, -0.15) is 0 Å². The summed E-state index contributed by atoms with van der Waals surface area (Å²) in [4.78, 5) is 12.5. The minimum Gasteiger partial charge on any atom is -0.465 e. The van der Waals surface area contributed by atoms with E-state index in [4.69, 9.17) is 0 Å². The molecule has 0 spiro atoms. The maximum Gasteiger partial charge on any atom is 0.338 e. The van der Waals surface area contributed by atoms with Crippen LogP contribution in [0.3, 0.4) is 0 Å². The topological polar surface area (TPSA) is 26.3 Å². The first-order chi connectivity index (χ1) is 8.19. The van der Waals surface area contributed by atoms with Crippen LogP contribution in [0.4, 0.5) is 0 Å². The molecule has 0 saturated carbocycles. The number of esters is 1. The molecule has 0 radical (unpaired) electrons. The summed E-state index contributed by atoms with van der Waals surface area (Å²) in [5.41, 5.74) is 3.16. The van der Waals surface area contributed by atoms with E-state index in [-0.39, 0.29) is 5.97 Å². The summed E-state index contributed by atoms with van der Waals surface area (Å²) in [5.74, 6) is -0.267. The minimum atomic E-state index is -0.267. The Bertz CT molecular complexity index is 511. The van der Waals surface area contributed by atoms with Crippen molar-refractivity contribution < 1.29 is 9.53 Å². The molecule has 0 aliphatic carbocycles. The number of benzene rings is 1. The zero-order chi connectivity index (χ0) is 12.3. The number of ether oxygens (including phenoxy) is 1. The number of hydrogen-bond acceptors (Lipinski definition) is 3. The molecule has 0 saturated heterocycles. The largest absolute Gasteiger partial charge is 0.465 e. The molecule has 0 aliphatic heterocycles. The molecule has 1 aromatic heterocycles.